The molecule has 1 rings (SSSR count). The van der Waals surface area contributed by atoms with Crippen LogP contribution < -0.4 is 11.1 Å². The van der Waals surface area contributed by atoms with E-state index in [4.69, 9.17) is 5.73 Å². The molecule has 0 bridgehead atoms. The average molecular weight is 251 g/mol. The van der Waals surface area contributed by atoms with E-state index >= 15 is 0 Å². The summed E-state index contributed by atoms with van der Waals surface area (Å²) >= 11 is 0. The lowest BCUT2D eigenvalue weighted by Crippen LogP contribution is -2.17. The lowest BCUT2D eigenvalue weighted by Gasteiger charge is -2.15. The van der Waals surface area contributed by atoms with Gasteiger partial charge in [0.1, 0.15) is 5.82 Å². The fourth-order valence-electron chi connectivity index (χ4n) is 1.67. The van der Waals surface area contributed by atoms with E-state index in [2.05, 4.69) is 28.9 Å². The molecule has 0 saturated carbocycles. The molecule has 0 fully saturated rings. The highest BCUT2D eigenvalue weighted by Crippen LogP contribution is 2.17. The van der Waals surface area contributed by atoms with Gasteiger partial charge in [-0.15, -0.1) is 0 Å². The number of hydrogen-bond donors (Lipinski definition) is 2. The highest BCUT2D eigenvalue weighted by molar-refractivity contribution is 5.95. The van der Waals surface area contributed by atoms with Crippen molar-refractivity contribution < 1.29 is 9.53 Å². The van der Waals surface area contributed by atoms with Crippen molar-refractivity contribution in [2.45, 2.75) is 39.2 Å². The molecule has 0 amide bonds. The minimum absolute atomic E-state index is 0.312. The number of anilines is 2. The Labute approximate surface area is 108 Å². The van der Waals surface area contributed by atoms with Crippen molar-refractivity contribution in [3.8, 4) is 0 Å². The van der Waals surface area contributed by atoms with E-state index in [9.17, 15) is 4.79 Å². The van der Waals surface area contributed by atoms with Crippen molar-refractivity contribution in [1.29, 1.82) is 0 Å². The zero-order valence-corrected chi connectivity index (χ0v) is 11.2. The highest BCUT2D eigenvalue weighted by atomic mass is 16.5. The number of nitrogens with zero attached hydrogens (tertiary/aromatic N) is 1. The molecule has 0 aromatic carbocycles. The van der Waals surface area contributed by atoms with Gasteiger partial charge in [-0.25, -0.2) is 9.78 Å². The zero-order valence-electron chi connectivity index (χ0n) is 11.2. The van der Waals surface area contributed by atoms with Gasteiger partial charge in [-0.3, -0.25) is 0 Å². The van der Waals surface area contributed by atoms with Crippen LogP contribution in [0.2, 0.25) is 0 Å². The first-order valence-electron chi connectivity index (χ1n) is 6.18. The van der Waals surface area contributed by atoms with Crippen molar-refractivity contribution >= 4 is 17.5 Å². The van der Waals surface area contributed by atoms with Gasteiger partial charge in [0.2, 0.25) is 0 Å². The van der Waals surface area contributed by atoms with Crippen LogP contribution in [0.3, 0.4) is 0 Å². The number of aromatic nitrogens is 1. The molecule has 0 radical (unpaired) electrons. The minimum atomic E-state index is -0.445. The quantitative estimate of drug-likeness (QED) is 0.759. The number of unbranched alkanes of at least 4 members (excludes halogenated alkanes) is 1. The Balaban J connectivity index is 2.75. The van der Waals surface area contributed by atoms with E-state index in [0.717, 1.165) is 19.3 Å². The van der Waals surface area contributed by atoms with Gasteiger partial charge in [-0.2, -0.15) is 0 Å². The van der Waals surface area contributed by atoms with E-state index in [1.807, 2.05) is 0 Å². The summed E-state index contributed by atoms with van der Waals surface area (Å²) in [5, 5.41) is 3.25. The van der Waals surface area contributed by atoms with Crippen LogP contribution in [0.4, 0.5) is 11.5 Å². The van der Waals surface area contributed by atoms with Crippen molar-refractivity contribution in [2.75, 3.05) is 18.2 Å². The number of nitrogen functional groups attached to an aromatic ring is 1. The Kier molecular flexibility index (Phi) is 5.42. The summed E-state index contributed by atoms with van der Waals surface area (Å²) in [7, 11) is 1.33. The molecule has 0 spiro atoms. The first kappa shape index (κ1) is 14.3. The first-order valence-corrected chi connectivity index (χ1v) is 6.18. The summed E-state index contributed by atoms with van der Waals surface area (Å²) in [5.74, 6) is 0.201. The Morgan fingerprint density at radius 3 is 2.94 bits per heavy atom. The molecule has 5 nitrogen and oxygen atoms in total. The van der Waals surface area contributed by atoms with E-state index in [-0.39, 0.29) is 0 Å². The Morgan fingerprint density at radius 1 is 1.61 bits per heavy atom. The molecule has 0 saturated heterocycles. The summed E-state index contributed by atoms with van der Waals surface area (Å²) in [6, 6.07) is 1.94. The SMILES string of the molecule is CCCCC(C)Nc1cc(C(=O)OC)c(N)cn1. The number of carbonyl (C=O) groups is 1. The molecule has 0 aliphatic carbocycles. The van der Waals surface area contributed by atoms with E-state index in [1.165, 1.54) is 13.3 Å². The van der Waals surface area contributed by atoms with Crippen LogP contribution >= 0.6 is 0 Å². The number of methoxy groups -OCH3 is 1. The fourth-order valence-corrected chi connectivity index (χ4v) is 1.67. The summed E-state index contributed by atoms with van der Waals surface area (Å²) in [6.07, 6.45) is 4.86. The molecular weight excluding hydrogens is 230 g/mol. The number of ether oxygens (including phenoxy) is 1. The van der Waals surface area contributed by atoms with Gasteiger partial charge in [0, 0.05) is 6.04 Å². The normalized spacial score (nSPS) is 11.9. The van der Waals surface area contributed by atoms with Gasteiger partial charge in [0.05, 0.1) is 24.6 Å². The molecule has 100 valence electrons. The third-order valence-corrected chi connectivity index (χ3v) is 2.73. The van der Waals surface area contributed by atoms with Gasteiger partial charge in [-0.1, -0.05) is 19.8 Å². The topological polar surface area (TPSA) is 77.2 Å². The first-order chi connectivity index (χ1) is 8.58. The Hall–Kier alpha value is -1.78. The maximum Gasteiger partial charge on any atom is 0.340 e. The average Bonchev–Trinajstić information content (AvgIpc) is 2.37. The van der Waals surface area contributed by atoms with E-state index in [0.29, 0.717) is 23.1 Å². The lowest BCUT2D eigenvalue weighted by molar-refractivity contribution is 0.0602. The molecule has 5 heteroatoms. The van der Waals surface area contributed by atoms with Crippen LogP contribution in [0, 0.1) is 0 Å². The summed E-state index contributed by atoms with van der Waals surface area (Å²) in [4.78, 5) is 15.6. The lowest BCUT2D eigenvalue weighted by atomic mass is 10.1. The predicted octanol–water partition coefficient (Wildman–Crippen LogP) is 2.44. The third kappa shape index (κ3) is 3.91. The van der Waals surface area contributed by atoms with Crippen LogP contribution in [0.25, 0.3) is 0 Å². The van der Waals surface area contributed by atoms with Crippen LogP contribution in [0.15, 0.2) is 12.3 Å². The number of nitrogens with one attached hydrogen (secondary N) is 1. The second kappa shape index (κ2) is 6.83. The minimum Gasteiger partial charge on any atom is -0.465 e. The Bertz CT molecular complexity index is 407. The highest BCUT2D eigenvalue weighted by Gasteiger charge is 2.12. The third-order valence-electron chi connectivity index (χ3n) is 2.73. The number of nitrogens with two attached hydrogens (primary N) is 1. The van der Waals surface area contributed by atoms with E-state index < -0.39 is 5.97 Å². The van der Waals surface area contributed by atoms with Crippen LogP contribution in [-0.2, 0) is 4.74 Å². The summed E-state index contributed by atoms with van der Waals surface area (Å²) < 4.78 is 4.67. The number of rotatable bonds is 6. The second-order valence-corrected chi connectivity index (χ2v) is 4.34. The molecule has 1 aromatic rings. The molecular formula is C13H21N3O2. The molecule has 1 atom stereocenters. The van der Waals surface area contributed by atoms with E-state index in [1.54, 1.807) is 6.07 Å². The molecule has 0 aliphatic rings. The van der Waals surface area contributed by atoms with Gasteiger partial charge in [0.15, 0.2) is 0 Å². The molecule has 1 heterocycles. The van der Waals surface area contributed by atoms with Crippen molar-refractivity contribution in [3.05, 3.63) is 17.8 Å². The summed E-state index contributed by atoms with van der Waals surface area (Å²) in [5.41, 5.74) is 6.36. The number of esters is 1. The van der Waals surface area contributed by atoms with Crippen molar-refractivity contribution in [2.24, 2.45) is 0 Å². The smallest absolute Gasteiger partial charge is 0.340 e. The molecule has 3 N–H and O–H groups in total. The fraction of sp³-hybridized carbons (Fsp3) is 0.538. The van der Waals surface area contributed by atoms with Crippen molar-refractivity contribution in [3.63, 3.8) is 0 Å². The van der Waals surface area contributed by atoms with Crippen LogP contribution in [0.5, 0.6) is 0 Å². The monoisotopic (exact) mass is 251 g/mol. The van der Waals surface area contributed by atoms with Gasteiger partial charge in [-0.05, 0) is 19.4 Å². The molecule has 1 unspecified atom stereocenters. The summed E-state index contributed by atoms with van der Waals surface area (Å²) in [6.45, 7) is 4.25. The second-order valence-electron chi connectivity index (χ2n) is 4.34. The van der Waals surface area contributed by atoms with Gasteiger partial charge >= 0.3 is 5.97 Å². The molecule has 0 aliphatic heterocycles. The van der Waals surface area contributed by atoms with Gasteiger partial charge in [0.25, 0.3) is 0 Å². The standard InChI is InChI=1S/C13H21N3O2/c1-4-5-6-9(2)16-12-7-10(13(17)18-3)11(14)8-15-12/h7-9H,4-6,14H2,1-3H3,(H,15,16). The van der Waals surface area contributed by atoms with Crippen LogP contribution in [0.1, 0.15) is 43.5 Å². The molecule has 1 aromatic heterocycles. The predicted molar refractivity (Wildman–Crippen MR) is 72.6 cm³/mol. The number of carbonyl (C=O) groups excluding carboxylic acids is 1. The van der Waals surface area contributed by atoms with Crippen LogP contribution in [-0.4, -0.2) is 24.1 Å². The largest absolute Gasteiger partial charge is 0.465 e. The zero-order chi connectivity index (χ0) is 13.5. The van der Waals surface area contributed by atoms with Gasteiger partial charge < -0.3 is 15.8 Å². The number of pyridine rings is 1. The molecule has 18 heavy (non-hydrogen) atoms. The maximum atomic E-state index is 11.5. The maximum absolute atomic E-state index is 11.5. The van der Waals surface area contributed by atoms with Crippen molar-refractivity contribution in [1.82, 2.24) is 4.98 Å². The Morgan fingerprint density at radius 2 is 2.33 bits per heavy atom. The number of hydrogen-bond acceptors (Lipinski definition) is 5.